The lowest BCUT2D eigenvalue weighted by Crippen LogP contribution is -2.38. The van der Waals surface area contributed by atoms with Crippen LogP contribution < -0.4 is 10.5 Å². The second-order valence-corrected chi connectivity index (χ2v) is 7.13. The number of aromatic nitrogens is 2. The van der Waals surface area contributed by atoms with Gasteiger partial charge < -0.3 is 20.1 Å². The summed E-state index contributed by atoms with van der Waals surface area (Å²) >= 11 is 0. The smallest absolute Gasteiger partial charge is 0.316 e. The maximum Gasteiger partial charge on any atom is 0.316 e. The number of hydrogen-bond donors (Lipinski definition) is 2. The van der Waals surface area contributed by atoms with Crippen LogP contribution >= 0.6 is 0 Å². The molecule has 0 atom stereocenters. The van der Waals surface area contributed by atoms with Crippen molar-refractivity contribution in [1.29, 1.82) is 5.41 Å². The van der Waals surface area contributed by atoms with E-state index in [4.69, 9.17) is 20.6 Å². The lowest BCUT2D eigenvalue weighted by atomic mass is 10.1. The van der Waals surface area contributed by atoms with E-state index in [2.05, 4.69) is 9.97 Å². The fraction of sp³-hybridized carbons (Fsp3) is 0.409. The molecule has 2 heterocycles. The van der Waals surface area contributed by atoms with E-state index >= 15 is 0 Å². The van der Waals surface area contributed by atoms with Gasteiger partial charge in [-0.1, -0.05) is 25.6 Å². The van der Waals surface area contributed by atoms with Crippen molar-refractivity contribution in [2.24, 2.45) is 5.73 Å². The Balaban J connectivity index is 0.00000363. The van der Waals surface area contributed by atoms with Gasteiger partial charge in [-0.15, -0.1) is 0 Å². The predicted octanol–water partition coefficient (Wildman–Crippen LogP) is 2.68. The Morgan fingerprint density at radius 1 is 1.16 bits per heavy atom. The maximum absolute atomic E-state index is 14.8. The number of amides is 1. The molecule has 2 aromatic rings. The van der Waals surface area contributed by atoms with Crippen molar-refractivity contribution >= 4 is 17.7 Å². The van der Waals surface area contributed by atoms with Gasteiger partial charge in [0.2, 0.25) is 0 Å². The highest BCUT2D eigenvalue weighted by atomic mass is 19.1. The molecule has 1 amide bonds. The lowest BCUT2D eigenvalue weighted by molar-refractivity contribution is -0.143. The number of carbonyl (C=O) groups is 2. The molecule has 1 aliphatic rings. The average Bonchev–Trinajstić information content (AvgIpc) is 2.77. The molecule has 1 aromatic carbocycles. The molecule has 0 saturated carbocycles. The van der Waals surface area contributed by atoms with Crippen molar-refractivity contribution in [2.75, 3.05) is 19.7 Å². The normalized spacial score (nSPS) is 13.1. The van der Waals surface area contributed by atoms with Gasteiger partial charge in [0.25, 0.3) is 5.91 Å². The summed E-state index contributed by atoms with van der Waals surface area (Å²) in [7, 11) is 0. The number of halogens is 1. The average molecular weight is 445 g/mol. The first-order chi connectivity index (χ1) is 14.9. The number of nitrogens with one attached hydrogen (secondary N) is 1. The molecule has 0 aliphatic carbocycles. The van der Waals surface area contributed by atoms with E-state index in [0.717, 1.165) is 32.4 Å². The summed E-state index contributed by atoms with van der Waals surface area (Å²) in [5.41, 5.74) is 5.95. The van der Waals surface area contributed by atoms with Gasteiger partial charge in [-0.25, -0.2) is 14.4 Å². The Hall–Kier alpha value is -3.56. The zero-order valence-corrected chi connectivity index (χ0v) is 17.0. The molecule has 172 valence electrons. The molecule has 9 nitrogen and oxygen atoms in total. The van der Waals surface area contributed by atoms with Gasteiger partial charge in [0.05, 0.1) is 0 Å². The molecule has 1 aromatic heterocycles. The zero-order valence-electron chi connectivity index (χ0n) is 17.0. The van der Waals surface area contributed by atoms with Crippen molar-refractivity contribution in [2.45, 2.75) is 39.7 Å². The summed E-state index contributed by atoms with van der Waals surface area (Å²) < 4.78 is 25.2. The fourth-order valence-corrected chi connectivity index (χ4v) is 3.17. The van der Waals surface area contributed by atoms with Gasteiger partial charge in [-0.2, -0.15) is 0 Å². The van der Waals surface area contributed by atoms with Crippen LogP contribution in [0.1, 0.15) is 38.7 Å². The summed E-state index contributed by atoms with van der Waals surface area (Å²) in [5, 5.41) is 7.08. The molecule has 1 aliphatic heterocycles. The minimum atomic E-state index is -0.707. The number of hydrogen-bond acceptors (Lipinski definition) is 7. The van der Waals surface area contributed by atoms with Crippen LogP contribution in [-0.4, -0.2) is 52.3 Å². The molecule has 10 heteroatoms. The van der Waals surface area contributed by atoms with Crippen LogP contribution in [0.25, 0.3) is 11.1 Å². The van der Waals surface area contributed by atoms with Gasteiger partial charge in [0.15, 0.2) is 6.61 Å². The lowest BCUT2D eigenvalue weighted by Gasteiger charge is -2.26. The largest absolute Gasteiger partial charge is 0.460 e. The Labute approximate surface area is 186 Å². The van der Waals surface area contributed by atoms with E-state index in [1.165, 1.54) is 18.5 Å². The number of carbonyl (C=O) groups excluding carboxylic acids is 2. The number of benzene rings is 1. The van der Waals surface area contributed by atoms with Crippen LogP contribution in [0.4, 0.5) is 4.39 Å². The Kier molecular flexibility index (Phi) is 9.06. The Morgan fingerprint density at radius 3 is 2.50 bits per heavy atom. The van der Waals surface area contributed by atoms with Crippen molar-refractivity contribution in [1.82, 2.24) is 14.9 Å². The second kappa shape index (κ2) is 11.7. The van der Waals surface area contributed by atoms with Gasteiger partial charge in [-0.3, -0.25) is 15.0 Å². The van der Waals surface area contributed by atoms with E-state index in [9.17, 15) is 14.0 Å². The molecule has 1 fully saturated rings. The van der Waals surface area contributed by atoms with E-state index in [1.54, 1.807) is 17.0 Å². The number of amidine groups is 1. The second-order valence-electron chi connectivity index (χ2n) is 7.13. The van der Waals surface area contributed by atoms with E-state index < -0.39 is 11.8 Å². The van der Waals surface area contributed by atoms with Crippen molar-refractivity contribution in [3.8, 4) is 17.1 Å². The highest BCUT2D eigenvalue weighted by Gasteiger charge is 2.18. The number of piperidine rings is 1. The fourth-order valence-electron chi connectivity index (χ4n) is 3.17. The third-order valence-corrected chi connectivity index (χ3v) is 4.77. The first-order valence-corrected chi connectivity index (χ1v) is 9.93. The molecular formula is C22H28FN5O4. The minimum Gasteiger partial charge on any atom is -0.460 e. The number of likely N-dealkylation sites (tertiary alicyclic amines) is 1. The van der Waals surface area contributed by atoms with Crippen LogP contribution in [-0.2, 0) is 20.9 Å². The zero-order chi connectivity index (χ0) is 22.2. The minimum absolute atomic E-state index is 0. The molecule has 0 spiro atoms. The third kappa shape index (κ3) is 6.73. The first-order valence-electron chi connectivity index (χ1n) is 9.93. The maximum atomic E-state index is 14.8. The van der Waals surface area contributed by atoms with E-state index in [-0.39, 0.29) is 55.9 Å². The number of rotatable bonds is 8. The SMILES string of the molecule is C.N=C(N)CC(=O)OCc1cccc(-c2cnc(OCC(=O)N3CCCCC3)nc2)c1F. The summed E-state index contributed by atoms with van der Waals surface area (Å²) in [5.74, 6) is -1.71. The summed E-state index contributed by atoms with van der Waals surface area (Å²) in [6.07, 6.45) is 5.58. The monoisotopic (exact) mass is 445 g/mol. The van der Waals surface area contributed by atoms with Crippen LogP contribution in [0.5, 0.6) is 6.01 Å². The molecule has 32 heavy (non-hydrogen) atoms. The van der Waals surface area contributed by atoms with E-state index in [1.807, 2.05) is 0 Å². The summed E-state index contributed by atoms with van der Waals surface area (Å²) in [4.78, 5) is 33.5. The van der Waals surface area contributed by atoms with Gasteiger partial charge >= 0.3 is 12.0 Å². The quantitative estimate of drug-likeness (QED) is 0.363. The van der Waals surface area contributed by atoms with E-state index in [0.29, 0.717) is 5.56 Å². The van der Waals surface area contributed by atoms with Crippen LogP contribution in [0.2, 0.25) is 0 Å². The summed E-state index contributed by atoms with van der Waals surface area (Å²) in [6.45, 7) is 1.05. The predicted molar refractivity (Wildman–Crippen MR) is 116 cm³/mol. The third-order valence-electron chi connectivity index (χ3n) is 4.77. The molecule has 1 saturated heterocycles. The number of nitrogens with two attached hydrogens (primary N) is 1. The molecule has 0 radical (unpaired) electrons. The number of nitrogens with zero attached hydrogens (tertiary/aromatic N) is 3. The van der Waals surface area contributed by atoms with Crippen LogP contribution in [0, 0.1) is 11.2 Å². The van der Waals surface area contributed by atoms with Crippen LogP contribution in [0.3, 0.4) is 0 Å². The summed E-state index contributed by atoms with van der Waals surface area (Å²) in [6, 6.07) is 4.69. The highest BCUT2D eigenvalue weighted by Crippen LogP contribution is 2.25. The van der Waals surface area contributed by atoms with Crippen molar-refractivity contribution < 1.29 is 23.5 Å². The van der Waals surface area contributed by atoms with Crippen molar-refractivity contribution in [3.05, 3.63) is 42.0 Å². The topological polar surface area (TPSA) is 131 Å². The van der Waals surface area contributed by atoms with Gasteiger partial charge in [-0.05, 0) is 19.3 Å². The molecular weight excluding hydrogens is 417 g/mol. The molecule has 3 N–H and O–H groups in total. The Morgan fingerprint density at radius 2 is 1.84 bits per heavy atom. The number of esters is 1. The molecule has 3 rings (SSSR count). The molecule has 0 bridgehead atoms. The Bertz CT molecular complexity index is 946. The molecule has 0 unspecified atom stereocenters. The standard InChI is InChI=1S/C21H24FN5O4.CH4/c22-20-14(12-30-19(29)9-17(23)24)5-4-6-16(20)15-10-25-21(26-11-15)31-13-18(28)27-7-2-1-3-8-27;/h4-6,10-11H,1-3,7-9,12-13H2,(H3,23,24);1H4. The first kappa shape index (κ1) is 24.7. The number of ether oxygens (including phenoxy) is 2. The van der Waals surface area contributed by atoms with Crippen LogP contribution in [0.15, 0.2) is 30.6 Å². The van der Waals surface area contributed by atoms with Gasteiger partial charge in [0, 0.05) is 42.2 Å². The van der Waals surface area contributed by atoms with Crippen molar-refractivity contribution in [3.63, 3.8) is 0 Å². The highest BCUT2D eigenvalue weighted by molar-refractivity contribution is 5.94. The van der Waals surface area contributed by atoms with Gasteiger partial charge in [0.1, 0.15) is 24.7 Å².